The molecule has 0 saturated heterocycles. The number of hydrogen-bond donors (Lipinski definition) is 7. The van der Waals surface area contributed by atoms with E-state index in [1.54, 1.807) is 39.2 Å². The highest BCUT2D eigenvalue weighted by Crippen LogP contribution is 2.48. The average molecular weight is 730 g/mol. The van der Waals surface area contributed by atoms with E-state index in [2.05, 4.69) is 15.0 Å². The first-order valence-electron chi connectivity index (χ1n) is 14.0. The van der Waals surface area contributed by atoms with Crippen molar-refractivity contribution in [2.45, 2.75) is 83.9 Å². The molecule has 0 fully saturated rings. The Morgan fingerprint density at radius 1 is 0.816 bits per heavy atom. The largest absolute Gasteiger partial charge is 0.510 e. The number of carboxylic acid groups (broad SMARTS) is 2. The monoisotopic (exact) mass is 729 g/mol. The van der Waals surface area contributed by atoms with Crippen molar-refractivity contribution < 1.29 is 87.1 Å². The molecule has 0 aliphatic rings. The van der Waals surface area contributed by atoms with Crippen LogP contribution in [0, 0.1) is 0 Å². The molecule has 5 atom stereocenters. The highest BCUT2D eigenvalue weighted by atomic mass is 31.2. The molecule has 0 radical (unpaired) electrons. The number of nitrogens with two attached hydrogens (primary N) is 1. The van der Waals surface area contributed by atoms with Crippen LogP contribution in [-0.2, 0) is 53.4 Å². The fraction of sp³-hybridized carbons (Fsp3) is 0.640. The topological polar surface area (TPSA) is 341 Å². The van der Waals surface area contributed by atoms with Crippen molar-refractivity contribution in [1.29, 1.82) is 0 Å². The molecule has 0 amide bonds. The quantitative estimate of drug-likeness (QED) is 0.0584. The lowest BCUT2D eigenvalue weighted by atomic mass is 10.0. The lowest BCUT2D eigenvalue weighted by Crippen LogP contribution is -2.49. The first kappa shape index (κ1) is 42.8. The zero-order valence-corrected chi connectivity index (χ0v) is 27.8. The summed E-state index contributed by atoms with van der Waals surface area (Å²) in [6.07, 6.45) is -10.4. The number of aliphatic carboxylic acids is 2. The number of aliphatic hydroxyl groups is 4. The smallest absolute Gasteiger partial charge is 0.479 e. The number of nitrogen functional groups attached to an aromatic ring is 1. The molecule has 0 unspecified atom stereocenters. The SMILES string of the molecule is CC(C)OC(=O)OCOP(=O)(CO[C@H](C)Cn1cnc2c(N)ncnc21)OCOC(=O)OC(C)C.O=C(O)[C@@H](O)[C@@H](O)[C@H](O)[C@@H](O)C(=O)O. The van der Waals surface area contributed by atoms with Gasteiger partial charge in [0.15, 0.2) is 23.7 Å². The Labute approximate surface area is 278 Å². The maximum Gasteiger partial charge on any atom is 0.510 e. The summed E-state index contributed by atoms with van der Waals surface area (Å²) in [5, 5.41) is 51.5. The Kier molecular flexibility index (Phi) is 17.8. The summed E-state index contributed by atoms with van der Waals surface area (Å²) in [6, 6.07) is 0. The van der Waals surface area contributed by atoms with Crippen LogP contribution in [0.15, 0.2) is 12.7 Å². The van der Waals surface area contributed by atoms with Gasteiger partial charge in [0.05, 0.1) is 31.2 Å². The predicted octanol–water partition coefficient (Wildman–Crippen LogP) is -0.365. The number of carbonyl (C=O) groups is 4. The first-order chi connectivity index (χ1) is 22.8. The molecule has 0 spiro atoms. The lowest BCUT2D eigenvalue weighted by Gasteiger charge is -2.21. The van der Waals surface area contributed by atoms with Gasteiger partial charge in [-0.25, -0.2) is 34.1 Å². The molecule has 24 heteroatoms. The number of aliphatic hydroxyl groups excluding tert-OH is 4. The zero-order chi connectivity index (χ0) is 37.5. The Bertz CT molecular complexity index is 1370. The Hall–Kier alpha value is -4.22. The third-order valence-electron chi connectivity index (χ3n) is 5.42. The summed E-state index contributed by atoms with van der Waals surface area (Å²) in [6.45, 7) is 6.98. The fourth-order valence-corrected chi connectivity index (χ4v) is 4.21. The standard InChI is InChI=1S/C19H30N5O10P.C6H10O8/c1-12(2)33-18(25)28-9-31-35(27,32-10-29-19(26)34-13(3)4)11-30-14(5)6-24-8-23-15-16(20)21-7-22-17(15)24;7-1(3(9)5(11)12)2(8)4(10)6(13)14/h7-8,12-14H,6,9-11H2,1-5H3,(H2,20,21,22);1-4,7-10H,(H,11,12)(H,13,14)/t14-;1-,2-,3-,4+/m10/s1. The molecule has 8 N–H and O–H groups in total. The van der Waals surface area contributed by atoms with E-state index in [-0.39, 0.29) is 12.4 Å². The number of carboxylic acids is 2. The van der Waals surface area contributed by atoms with Crippen LogP contribution in [0.1, 0.15) is 34.6 Å². The minimum atomic E-state index is -4.06. The second-order valence-corrected chi connectivity index (χ2v) is 12.2. The Morgan fingerprint density at radius 2 is 1.29 bits per heavy atom. The van der Waals surface area contributed by atoms with Crippen molar-refractivity contribution >= 4 is 48.8 Å². The van der Waals surface area contributed by atoms with Crippen LogP contribution < -0.4 is 5.73 Å². The first-order valence-corrected chi connectivity index (χ1v) is 15.8. The molecule has 2 aromatic rings. The van der Waals surface area contributed by atoms with Crippen LogP contribution in [0.2, 0.25) is 0 Å². The summed E-state index contributed by atoms with van der Waals surface area (Å²) in [5.74, 6) is -3.44. The number of anilines is 1. The van der Waals surface area contributed by atoms with Gasteiger partial charge in [-0.2, -0.15) is 0 Å². The van der Waals surface area contributed by atoms with Crippen LogP contribution in [0.4, 0.5) is 15.4 Å². The van der Waals surface area contributed by atoms with E-state index in [4.69, 9.17) is 69.1 Å². The van der Waals surface area contributed by atoms with Gasteiger partial charge in [-0.15, -0.1) is 0 Å². The van der Waals surface area contributed by atoms with E-state index in [1.807, 2.05) is 0 Å². The number of ether oxygens (including phenoxy) is 5. The Morgan fingerprint density at radius 3 is 1.71 bits per heavy atom. The van der Waals surface area contributed by atoms with Crippen molar-refractivity contribution in [2.24, 2.45) is 0 Å². The second-order valence-electron chi connectivity index (χ2n) is 10.2. The molecule has 0 saturated carbocycles. The van der Waals surface area contributed by atoms with E-state index in [9.17, 15) is 23.7 Å². The average Bonchev–Trinajstić information content (AvgIpc) is 3.41. The summed E-state index contributed by atoms with van der Waals surface area (Å²) in [5.41, 5.74) is 6.72. The number of fused-ring (bicyclic) bond motifs is 1. The molecule has 23 nitrogen and oxygen atoms in total. The molecular formula is C25H40N5O18P. The number of imidazole rings is 1. The number of hydrogen-bond acceptors (Lipinski definition) is 20. The summed E-state index contributed by atoms with van der Waals surface area (Å²) < 4.78 is 49.7. The predicted molar refractivity (Wildman–Crippen MR) is 159 cm³/mol. The highest BCUT2D eigenvalue weighted by Gasteiger charge is 2.37. The van der Waals surface area contributed by atoms with Gasteiger partial charge in [-0.3, -0.25) is 13.6 Å². The Balaban J connectivity index is 0.000000721. The van der Waals surface area contributed by atoms with Gasteiger partial charge in [0.1, 0.15) is 30.4 Å². The number of nitrogens with zero attached hydrogens (tertiary/aromatic N) is 4. The van der Waals surface area contributed by atoms with E-state index >= 15 is 0 Å². The van der Waals surface area contributed by atoms with Gasteiger partial charge in [0.25, 0.3) is 0 Å². The third kappa shape index (κ3) is 15.3. The van der Waals surface area contributed by atoms with Gasteiger partial charge in [-0.05, 0) is 34.6 Å². The number of rotatable bonds is 18. The van der Waals surface area contributed by atoms with E-state index in [0.717, 1.165) is 0 Å². The molecule has 49 heavy (non-hydrogen) atoms. The van der Waals surface area contributed by atoms with E-state index in [0.29, 0.717) is 11.2 Å². The van der Waals surface area contributed by atoms with Gasteiger partial charge in [-0.1, -0.05) is 0 Å². The third-order valence-corrected chi connectivity index (χ3v) is 6.88. The van der Waals surface area contributed by atoms with E-state index < -0.39 is 94.5 Å². The van der Waals surface area contributed by atoms with Crippen molar-refractivity contribution in [1.82, 2.24) is 19.5 Å². The van der Waals surface area contributed by atoms with Crippen LogP contribution >= 0.6 is 7.60 Å². The highest BCUT2D eigenvalue weighted by molar-refractivity contribution is 7.53. The molecule has 0 aromatic carbocycles. The molecule has 2 heterocycles. The van der Waals surface area contributed by atoms with Crippen LogP contribution in [0.25, 0.3) is 11.2 Å². The minimum absolute atomic E-state index is 0.237. The fourth-order valence-electron chi connectivity index (χ4n) is 3.12. The van der Waals surface area contributed by atoms with Crippen LogP contribution in [-0.4, -0.2) is 137 Å². The van der Waals surface area contributed by atoms with Gasteiger partial charge in [0, 0.05) is 0 Å². The zero-order valence-electron chi connectivity index (χ0n) is 26.9. The van der Waals surface area contributed by atoms with Crippen LogP contribution in [0.3, 0.4) is 0 Å². The van der Waals surface area contributed by atoms with E-state index in [1.165, 1.54) is 12.7 Å². The minimum Gasteiger partial charge on any atom is -0.479 e. The molecule has 2 aromatic heterocycles. The molecule has 0 bridgehead atoms. The second kappa shape index (κ2) is 20.3. The van der Waals surface area contributed by atoms with Crippen molar-refractivity contribution in [2.75, 3.05) is 25.7 Å². The summed E-state index contributed by atoms with van der Waals surface area (Å²) in [7, 11) is -4.06. The maximum absolute atomic E-state index is 13.1. The molecule has 0 aliphatic carbocycles. The maximum atomic E-state index is 13.1. The molecule has 0 aliphatic heterocycles. The van der Waals surface area contributed by atoms with Gasteiger partial charge < -0.3 is 64.6 Å². The lowest BCUT2D eigenvalue weighted by molar-refractivity contribution is -0.172. The number of carbonyl (C=O) groups excluding carboxylic acids is 2. The molecular weight excluding hydrogens is 689 g/mol. The van der Waals surface area contributed by atoms with Crippen molar-refractivity contribution in [3.63, 3.8) is 0 Å². The van der Waals surface area contributed by atoms with Crippen molar-refractivity contribution in [3.8, 4) is 0 Å². The normalized spacial score (nSPS) is 14.6. The summed E-state index contributed by atoms with van der Waals surface area (Å²) >= 11 is 0. The van der Waals surface area contributed by atoms with Crippen LogP contribution in [0.5, 0.6) is 0 Å². The number of aromatic nitrogens is 4. The molecule has 2 rings (SSSR count). The summed E-state index contributed by atoms with van der Waals surface area (Å²) in [4.78, 5) is 55.4. The van der Waals surface area contributed by atoms with Gasteiger partial charge >= 0.3 is 31.8 Å². The molecule has 278 valence electrons. The van der Waals surface area contributed by atoms with Crippen molar-refractivity contribution in [3.05, 3.63) is 12.7 Å². The van der Waals surface area contributed by atoms with Gasteiger partial charge in [0.2, 0.25) is 13.6 Å².